The summed E-state index contributed by atoms with van der Waals surface area (Å²) in [6.07, 6.45) is 6.83. The molecule has 0 spiro atoms. The molecule has 0 unspecified atom stereocenters. The van der Waals surface area contributed by atoms with Crippen LogP contribution in [0.2, 0.25) is 0 Å². The lowest BCUT2D eigenvalue weighted by atomic mass is 9.86. The van der Waals surface area contributed by atoms with Crippen LogP contribution >= 0.6 is 0 Å². The van der Waals surface area contributed by atoms with Crippen LogP contribution in [0.1, 0.15) is 38.3 Å². The van der Waals surface area contributed by atoms with Crippen molar-refractivity contribution in [3.8, 4) is 0 Å². The topological polar surface area (TPSA) is 66.0 Å². The van der Waals surface area contributed by atoms with E-state index in [1.165, 1.54) is 25.7 Å². The average molecular weight is 246 g/mol. The number of hydrogen-bond donors (Lipinski definition) is 2. The monoisotopic (exact) mass is 246 g/mol. The Kier molecular flexibility index (Phi) is 3.84. The second-order valence-electron chi connectivity index (χ2n) is 5.34. The second-order valence-corrected chi connectivity index (χ2v) is 5.34. The number of amidine groups is 1. The quantitative estimate of drug-likeness (QED) is 0.635. The van der Waals surface area contributed by atoms with E-state index in [9.17, 15) is 0 Å². The van der Waals surface area contributed by atoms with E-state index in [1.54, 1.807) is 6.20 Å². The van der Waals surface area contributed by atoms with Gasteiger partial charge in [-0.25, -0.2) is 0 Å². The summed E-state index contributed by atoms with van der Waals surface area (Å²) in [7, 11) is 2.12. The summed E-state index contributed by atoms with van der Waals surface area (Å²) >= 11 is 0. The third-order valence-corrected chi connectivity index (χ3v) is 3.96. The number of anilines is 1. The van der Waals surface area contributed by atoms with Crippen LogP contribution < -0.4 is 10.6 Å². The first-order valence-electron chi connectivity index (χ1n) is 6.61. The predicted octanol–water partition coefficient (Wildman–Crippen LogP) is 2.38. The maximum atomic E-state index is 7.44. The highest BCUT2D eigenvalue weighted by molar-refractivity contribution is 5.93. The number of aromatic nitrogens is 1. The number of nitrogens with one attached hydrogen (secondary N) is 1. The Bertz CT molecular complexity index is 422. The molecule has 0 bridgehead atoms. The van der Waals surface area contributed by atoms with Crippen molar-refractivity contribution < 1.29 is 0 Å². The van der Waals surface area contributed by atoms with Crippen molar-refractivity contribution in [2.24, 2.45) is 11.7 Å². The smallest absolute Gasteiger partial charge is 0.141 e. The number of nitrogens with two attached hydrogens (primary N) is 1. The highest BCUT2D eigenvalue weighted by Gasteiger charge is 2.22. The fourth-order valence-electron chi connectivity index (χ4n) is 2.63. The molecule has 0 atom stereocenters. The Morgan fingerprint density at radius 1 is 1.39 bits per heavy atom. The Labute approximate surface area is 109 Å². The van der Waals surface area contributed by atoms with Gasteiger partial charge >= 0.3 is 0 Å². The van der Waals surface area contributed by atoms with E-state index in [2.05, 4.69) is 23.9 Å². The summed E-state index contributed by atoms with van der Waals surface area (Å²) in [5, 5.41) is 7.44. The zero-order chi connectivity index (χ0) is 13.1. The molecule has 0 aromatic carbocycles. The largest absolute Gasteiger partial charge is 0.382 e. The van der Waals surface area contributed by atoms with Gasteiger partial charge in [0.25, 0.3) is 0 Å². The summed E-state index contributed by atoms with van der Waals surface area (Å²) < 4.78 is 0. The van der Waals surface area contributed by atoms with Gasteiger partial charge in [0, 0.05) is 25.0 Å². The number of rotatable bonds is 3. The Balaban J connectivity index is 2.10. The molecule has 0 radical (unpaired) electrons. The van der Waals surface area contributed by atoms with Crippen LogP contribution in [0, 0.1) is 11.3 Å². The molecule has 3 N–H and O–H groups in total. The third kappa shape index (κ3) is 2.81. The van der Waals surface area contributed by atoms with Gasteiger partial charge in [-0.1, -0.05) is 6.92 Å². The van der Waals surface area contributed by atoms with E-state index >= 15 is 0 Å². The molecule has 1 aromatic heterocycles. The highest BCUT2D eigenvalue weighted by Crippen LogP contribution is 2.29. The fourth-order valence-corrected chi connectivity index (χ4v) is 2.63. The van der Waals surface area contributed by atoms with Gasteiger partial charge in [-0.2, -0.15) is 0 Å². The lowest BCUT2D eigenvalue weighted by Gasteiger charge is -2.35. The standard InChI is InChI=1S/C14H22N4/c1-10-3-5-11(6-4-10)18(2)12-7-8-17-13(9-12)14(15)16/h7-11H,3-6H2,1-2H3,(H3,15,16). The first-order chi connectivity index (χ1) is 8.58. The molecule has 1 aliphatic carbocycles. The summed E-state index contributed by atoms with van der Waals surface area (Å²) in [5.41, 5.74) is 7.15. The van der Waals surface area contributed by atoms with E-state index in [-0.39, 0.29) is 5.84 Å². The van der Waals surface area contributed by atoms with Gasteiger partial charge in [-0.3, -0.25) is 10.4 Å². The Hall–Kier alpha value is -1.58. The predicted molar refractivity (Wildman–Crippen MR) is 75.1 cm³/mol. The summed E-state index contributed by atoms with van der Waals surface area (Å²) in [5.74, 6) is 0.891. The van der Waals surface area contributed by atoms with E-state index in [0.29, 0.717) is 11.7 Å². The fraction of sp³-hybridized carbons (Fsp3) is 0.571. The zero-order valence-corrected chi connectivity index (χ0v) is 11.2. The Morgan fingerprint density at radius 2 is 2.06 bits per heavy atom. The minimum atomic E-state index is 0.0301. The summed E-state index contributed by atoms with van der Waals surface area (Å²) in [4.78, 5) is 6.41. The first kappa shape index (κ1) is 12.9. The van der Waals surface area contributed by atoms with Crippen LogP contribution in [0.5, 0.6) is 0 Å². The maximum Gasteiger partial charge on any atom is 0.141 e. The maximum absolute atomic E-state index is 7.44. The van der Waals surface area contributed by atoms with Crippen molar-refractivity contribution in [2.75, 3.05) is 11.9 Å². The summed E-state index contributed by atoms with van der Waals surface area (Å²) in [6.45, 7) is 2.33. The molecule has 2 rings (SSSR count). The first-order valence-corrected chi connectivity index (χ1v) is 6.61. The molecular weight excluding hydrogens is 224 g/mol. The minimum Gasteiger partial charge on any atom is -0.382 e. The summed E-state index contributed by atoms with van der Waals surface area (Å²) in [6, 6.07) is 4.49. The van der Waals surface area contributed by atoms with Crippen LogP contribution in [-0.4, -0.2) is 23.9 Å². The normalized spacial score (nSPS) is 23.7. The molecule has 1 heterocycles. The van der Waals surface area contributed by atoms with Gasteiger partial charge in [0.2, 0.25) is 0 Å². The molecule has 0 aliphatic heterocycles. The number of pyridine rings is 1. The highest BCUT2D eigenvalue weighted by atomic mass is 15.1. The van der Waals surface area contributed by atoms with Gasteiger partial charge in [-0.15, -0.1) is 0 Å². The van der Waals surface area contributed by atoms with Crippen molar-refractivity contribution >= 4 is 11.5 Å². The molecule has 0 saturated heterocycles. The van der Waals surface area contributed by atoms with Crippen LogP contribution in [0.3, 0.4) is 0 Å². The molecule has 1 fully saturated rings. The molecule has 18 heavy (non-hydrogen) atoms. The molecule has 1 aliphatic rings. The molecule has 4 heteroatoms. The molecule has 0 amide bonds. The van der Waals surface area contributed by atoms with E-state index in [0.717, 1.165) is 11.6 Å². The SMILES string of the molecule is CC1CCC(N(C)c2ccnc(C(=N)N)c2)CC1. The lowest BCUT2D eigenvalue weighted by molar-refractivity contribution is 0.341. The van der Waals surface area contributed by atoms with Gasteiger partial charge in [0.1, 0.15) is 11.5 Å². The van der Waals surface area contributed by atoms with Gasteiger partial charge in [0.15, 0.2) is 0 Å². The van der Waals surface area contributed by atoms with E-state index in [1.807, 2.05) is 12.1 Å². The van der Waals surface area contributed by atoms with Crippen LogP contribution in [0.4, 0.5) is 5.69 Å². The van der Waals surface area contributed by atoms with Crippen molar-refractivity contribution in [3.63, 3.8) is 0 Å². The van der Waals surface area contributed by atoms with Crippen LogP contribution in [0.15, 0.2) is 18.3 Å². The van der Waals surface area contributed by atoms with Crippen molar-refractivity contribution in [1.82, 2.24) is 4.98 Å². The molecule has 1 saturated carbocycles. The van der Waals surface area contributed by atoms with Crippen molar-refractivity contribution in [2.45, 2.75) is 38.6 Å². The zero-order valence-electron chi connectivity index (χ0n) is 11.2. The molecule has 98 valence electrons. The third-order valence-electron chi connectivity index (χ3n) is 3.96. The molecule has 1 aromatic rings. The average Bonchev–Trinajstić information content (AvgIpc) is 2.39. The lowest BCUT2D eigenvalue weighted by Crippen LogP contribution is -2.35. The van der Waals surface area contributed by atoms with Crippen molar-refractivity contribution in [3.05, 3.63) is 24.0 Å². The van der Waals surface area contributed by atoms with Crippen LogP contribution in [0.25, 0.3) is 0 Å². The number of hydrogen-bond acceptors (Lipinski definition) is 3. The number of nitrogen functional groups attached to an aromatic ring is 1. The molecule has 4 nitrogen and oxygen atoms in total. The minimum absolute atomic E-state index is 0.0301. The Morgan fingerprint density at radius 3 is 2.67 bits per heavy atom. The van der Waals surface area contributed by atoms with Gasteiger partial charge in [-0.05, 0) is 43.7 Å². The van der Waals surface area contributed by atoms with Gasteiger partial charge in [0.05, 0.1) is 0 Å². The van der Waals surface area contributed by atoms with Crippen molar-refractivity contribution in [1.29, 1.82) is 5.41 Å². The van der Waals surface area contributed by atoms with E-state index in [4.69, 9.17) is 11.1 Å². The second kappa shape index (κ2) is 5.38. The van der Waals surface area contributed by atoms with E-state index < -0.39 is 0 Å². The molecular formula is C14H22N4. The number of nitrogens with zero attached hydrogens (tertiary/aromatic N) is 2. The van der Waals surface area contributed by atoms with Gasteiger partial charge < -0.3 is 10.6 Å². The van der Waals surface area contributed by atoms with Crippen LogP contribution in [-0.2, 0) is 0 Å².